The van der Waals surface area contributed by atoms with Crippen molar-refractivity contribution in [1.29, 1.82) is 0 Å². The molecule has 0 aliphatic carbocycles. The van der Waals surface area contributed by atoms with Crippen molar-refractivity contribution in [3.05, 3.63) is 115 Å². The summed E-state index contributed by atoms with van der Waals surface area (Å²) in [5.41, 5.74) is 4.42. The quantitative estimate of drug-likeness (QED) is 0.307. The fourth-order valence-electron chi connectivity index (χ4n) is 3.76. The summed E-state index contributed by atoms with van der Waals surface area (Å²) in [6.07, 6.45) is 6.74. The van der Waals surface area contributed by atoms with Crippen molar-refractivity contribution in [2.75, 3.05) is 10.6 Å². The summed E-state index contributed by atoms with van der Waals surface area (Å²) in [4.78, 5) is 25.9. The Morgan fingerprint density at radius 2 is 1.71 bits per heavy atom. The molecule has 2 N–H and O–H groups in total. The molecule has 0 radical (unpaired) electrons. The minimum absolute atomic E-state index is 0.0630. The van der Waals surface area contributed by atoms with E-state index in [0.717, 1.165) is 22.2 Å². The van der Waals surface area contributed by atoms with Crippen LogP contribution in [0.15, 0.2) is 104 Å². The number of fused-ring (bicyclic) bond motifs is 1. The van der Waals surface area contributed by atoms with Crippen LogP contribution in [-0.4, -0.2) is 25.4 Å². The molecule has 7 heteroatoms. The average molecular weight is 461 g/mol. The van der Waals surface area contributed by atoms with E-state index in [4.69, 9.17) is 0 Å². The Labute approximate surface area is 203 Å². The van der Waals surface area contributed by atoms with Gasteiger partial charge in [0.15, 0.2) is 0 Å². The second-order valence-corrected chi connectivity index (χ2v) is 8.07. The van der Waals surface area contributed by atoms with Gasteiger partial charge < -0.3 is 10.6 Å². The van der Waals surface area contributed by atoms with Gasteiger partial charge >= 0.3 is 0 Å². The number of hydrogen-bond donors (Lipinski definition) is 2. The molecule has 1 amide bonds. The minimum Gasteiger partial charge on any atom is -0.348 e. The lowest BCUT2D eigenvalue weighted by atomic mass is 10.1. The van der Waals surface area contributed by atoms with Crippen LogP contribution in [0.5, 0.6) is 0 Å². The molecule has 0 fully saturated rings. The zero-order valence-corrected chi connectivity index (χ0v) is 19.2. The lowest BCUT2D eigenvalue weighted by Gasteiger charge is -2.14. The molecule has 5 rings (SSSR count). The Bertz CT molecular complexity index is 1480. The van der Waals surface area contributed by atoms with Gasteiger partial charge in [0.05, 0.1) is 17.1 Å². The third-order valence-electron chi connectivity index (χ3n) is 5.57. The van der Waals surface area contributed by atoms with Gasteiger partial charge in [-0.2, -0.15) is 4.98 Å². The van der Waals surface area contributed by atoms with Crippen LogP contribution in [0.1, 0.15) is 24.1 Å². The molecular formula is C28H24N6O. The van der Waals surface area contributed by atoms with E-state index in [-0.39, 0.29) is 11.9 Å². The van der Waals surface area contributed by atoms with Crippen molar-refractivity contribution in [3.63, 3.8) is 0 Å². The van der Waals surface area contributed by atoms with Gasteiger partial charge in [-0.1, -0.05) is 60.7 Å². The molecule has 0 aliphatic heterocycles. The highest BCUT2D eigenvalue weighted by Gasteiger charge is 2.11. The number of amides is 1. The number of hydrogen-bond acceptors (Lipinski definition) is 5. The van der Waals surface area contributed by atoms with E-state index in [2.05, 4.69) is 44.6 Å². The van der Waals surface area contributed by atoms with Crippen molar-refractivity contribution in [2.45, 2.75) is 13.0 Å². The summed E-state index contributed by atoms with van der Waals surface area (Å²) in [5.74, 6) is 1.04. The molecule has 0 unspecified atom stereocenters. The molecule has 0 spiro atoms. The van der Waals surface area contributed by atoms with Crippen molar-refractivity contribution < 1.29 is 4.79 Å². The summed E-state index contributed by atoms with van der Waals surface area (Å²) in [5, 5.41) is 6.24. The van der Waals surface area contributed by atoms with Crippen molar-refractivity contribution in [3.8, 4) is 5.82 Å². The van der Waals surface area contributed by atoms with E-state index in [1.807, 2.05) is 77.4 Å². The lowest BCUT2D eigenvalue weighted by Crippen LogP contribution is -2.10. The van der Waals surface area contributed by atoms with E-state index in [1.54, 1.807) is 18.6 Å². The van der Waals surface area contributed by atoms with Gasteiger partial charge in [-0.3, -0.25) is 9.36 Å². The molecule has 172 valence electrons. The molecule has 35 heavy (non-hydrogen) atoms. The number of nitrogens with zero attached hydrogens (tertiary/aromatic N) is 4. The van der Waals surface area contributed by atoms with Gasteiger partial charge in [-0.15, -0.1) is 0 Å². The van der Waals surface area contributed by atoms with E-state index in [9.17, 15) is 4.79 Å². The maximum absolute atomic E-state index is 12.3. The van der Waals surface area contributed by atoms with Gasteiger partial charge in [0.2, 0.25) is 11.9 Å². The summed E-state index contributed by atoms with van der Waals surface area (Å²) >= 11 is 0. The maximum Gasteiger partial charge on any atom is 0.248 e. The Morgan fingerprint density at radius 3 is 2.51 bits per heavy atom. The standard InChI is InChI=1S/C28H24N6O/c1-20(22-10-6-3-7-11-22)31-28-29-17-16-26(33-28)34-19-30-24-18-23(13-14-25(24)34)32-27(35)15-12-21-8-4-2-5-9-21/h2-20H,1H3,(H,32,35)(H,29,31,33)/b15-12+/t20-/m0/s1. The molecule has 3 aromatic carbocycles. The lowest BCUT2D eigenvalue weighted by molar-refractivity contribution is -0.111. The van der Waals surface area contributed by atoms with Crippen LogP contribution < -0.4 is 10.6 Å². The third-order valence-corrected chi connectivity index (χ3v) is 5.57. The van der Waals surface area contributed by atoms with Crippen LogP contribution in [0.2, 0.25) is 0 Å². The number of rotatable bonds is 7. The predicted octanol–water partition coefficient (Wildman–Crippen LogP) is 5.64. The molecule has 0 saturated carbocycles. The SMILES string of the molecule is C[C@H](Nc1nccc(-n2cnc3cc(NC(=O)/C=C/c4ccccc4)ccc32)n1)c1ccccc1. The van der Waals surface area contributed by atoms with Crippen LogP contribution in [0.25, 0.3) is 22.9 Å². The maximum atomic E-state index is 12.3. The Morgan fingerprint density at radius 1 is 0.943 bits per heavy atom. The first kappa shape index (κ1) is 22.0. The van der Waals surface area contributed by atoms with Gasteiger partial charge in [-0.25, -0.2) is 9.97 Å². The van der Waals surface area contributed by atoms with Gasteiger partial charge in [-0.05, 0) is 48.4 Å². The van der Waals surface area contributed by atoms with Crippen LogP contribution in [0, 0.1) is 0 Å². The monoisotopic (exact) mass is 460 g/mol. The van der Waals surface area contributed by atoms with Gasteiger partial charge in [0, 0.05) is 18.0 Å². The summed E-state index contributed by atoms with van der Waals surface area (Å²) in [6, 6.07) is 27.4. The zero-order valence-electron chi connectivity index (χ0n) is 19.2. The fraction of sp³-hybridized carbons (Fsp3) is 0.0714. The van der Waals surface area contributed by atoms with Gasteiger partial charge in [0.25, 0.3) is 0 Å². The van der Waals surface area contributed by atoms with Crippen molar-refractivity contribution in [1.82, 2.24) is 19.5 Å². The Hall–Kier alpha value is -4.78. The Kier molecular flexibility index (Phi) is 6.30. The number of carbonyl (C=O) groups is 1. The zero-order chi connectivity index (χ0) is 24.0. The number of benzene rings is 3. The van der Waals surface area contributed by atoms with Crippen molar-refractivity contribution >= 4 is 34.7 Å². The molecule has 1 atom stereocenters. The van der Waals surface area contributed by atoms with Crippen LogP contribution in [0.4, 0.5) is 11.6 Å². The molecule has 2 heterocycles. The first-order valence-electron chi connectivity index (χ1n) is 11.3. The molecule has 5 aromatic rings. The third kappa shape index (κ3) is 5.25. The van der Waals surface area contributed by atoms with Crippen LogP contribution in [0.3, 0.4) is 0 Å². The topological polar surface area (TPSA) is 84.7 Å². The number of aromatic nitrogens is 4. The summed E-state index contributed by atoms with van der Waals surface area (Å²) in [6.45, 7) is 2.07. The van der Waals surface area contributed by atoms with E-state index >= 15 is 0 Å². The first-order chi connectivity index (χ1) is 17.2. The van der Waals surface area contributed by atoms with E-state index < -0.39 is 0 Å². The number of carbonyl (C=O) groups excluding carboxylic acids is 1. The highest BCUT2D eigenvalue weighted by atomic mass is 16.1. The van der Waals surface area contributed by atoms with Crippen LogP contribution in [-0.2, 0) is 4.79 Å². The largest absolute Gasteiger partial charge is 0.348 e. The fourth-order valence-corrected chi connectivity index (χ4v) is 3.76. The molecule has 0 saturated heterocycles. The van der Waals surface area contributed by atoms with Crippen LogP contribution >= 0.6 is 0 Å². The number of imidazole rings is 1. The number of anilines is 2. The smallest absolute Gasteiger partial charge is 0.248 e. The minimum atomic E-state index is -0.202. The molecule has 7 nitrogen and oxygen atoms in total. The molecule has 0 bridgehead atoms. The second kappa shape index (κ2) is 10.0. The highest BCUT2D eigenvalue weighted by Crippen LogP contribution is 2.22. The molecule has 2 aromatic heterocycles. The summed E-state index contributed by atoms with van der Waals surface area (Å²) in [7, 11) is 0. The molecule has 0 aliphatic rings. The Balaban J connectivity index is 1.32. The normalized spacial score (nSPS) is 12.0. The average Bonchev–Trinajstić information content (AvgIpc) is 3.32. The molecular weight excluding hydrogens is 436 g/mol. The first-order valence-corrected chi connectivity index (χ1v) is 11.3. The summed E-state index contributed by atoms with van der Waals surface area (Å²) < 4.78 is 1.90. The van der Waals surface area contributed by atoms with E-state index in [0.29, 0.717) is 17.5 Å². The van der Waals surface area contributed by atoms with Crippen molar-refractivity contribution in [2.24, 2.45) is 0 Å². The highest BCUT2D eigenvalue weighted by molar-refractivity contribution is 6.02. The number of nitrogens with one attached hydrogen (secondary N) is 2. The van der Waals surface area contributed by atoms with Gasteiger partial charge in [0.1, 0.15) is 12.1 Å². The predicted molar refractivity (Wildman–Crippen MR) is 139 cm³/mol. The van der Waals surface area contributed by atoms with E-state index in [1.165, 1.54) is 6.08 Å². The second-order valence-electron chi connectivity index (χ2n) is 8.07.